The first-order chi connectivity index (χ1) is 12.5. The molecule has 1 saturated heterocycles. The predicted octanol–water partition coefficient (Wildman–Crippen LogP) is 2.87. The summed E-state index contributed by atoms with van der Waals surface area (Å²) >= 11 is 6.07. The molecule has 7 heteroatoms. The van der Waals surface area contributed by atoms with Crippen LogP contribution in [0.15, 0.2) is 18.2 Å². The average Bonchev–Trinajstić information content (AvgIpc) is 2.65. The van der Waals surface area contributed by atoms with Crippen LogP contribution < -0.4 is 10.6 Å². The maximum atomic E-state index is 11.0. The third-order valence-electron chi connectivity index (χ3n) is 4.93. The van der Waals surface area contributed by atoms with E-state index < -0.39 is 0 Å². The molecule has 1 aliphatic rings. The Kier molecular flexibility index (Phi) is 5.74. The normalized spacial score (nSPS) is 15.3. The lowest BCUT2D eigenvalue weighted by molar-refractivity contribution is 0.111. The van der Waals surface area contributed by atoms with Gasteiger partial charge < -0.3 is 15.7 Å². The number of halogens is 1. The fourth-order valence-electron chi connectivity index (χ4n) is 3.48. The first kappa shape index (κ1) is 18.6. The molecule has 1 aromatic carbocycles. The second-order valence-corrected chi connectivity index (χ2v) is 7.13. The largest absolute Gasteiger partial charge is 0.504 e. The quantitative estimate of drug-likeness (QED) is 0.782. The molecule has 138 valence electrons. The van der Waals surface area contributed by atoms with Crippen LogP contribution in [0.4, 0.5) is 5.69 Å². The summed E-state index contributed by atoms with van der Waals surface area (Å²) in [6.07, 6.45) is 3.30. The number of hydrogen-bond acceptors (Lipinski definition) is 6. The Bertz CT molecular complexity index is 804. The zero-order valence-corrected chi connectivity index (χ0v) is 15.5. The zero-order valence-electron chi connectivity index (χ0n) is 14.8. The van der Waals surface area contributed by atoms with Gasteiger partial charge in [0.05, 0.1) is 5.69 Å². The second-order valence-electron chi connectivity index (χ2n) is 6.69. The number of rotatable bonds is 5. The fourth-order valence-corrected chi connectivity index (χ4v) is 3.68. The van der Waals surface area contributed by atoms with Gasteiger partial charge >= 0.3 is 0 Å². The highest BCUT2D eigenvalue weighted by Gasteiger charge is 2.23. The number of carbonyl (C=O) groups excluding carboxylic acids is 1. The monoisotopic (exact) mass is 374 g/mol. The second kappa shape index (κ2) is 8.01. The molecule has 0 saturated carbocycles. The van der Waals surface area contributed by atoms with Crippen molar-refractivity contribution < 1.29 is 9.90 Å². The zero-order chi connectivity index (χ0) is 18.7. The van der Waals surface area contributed by atoms with Crippen molar-refractivity contribution >= 4 is 23.6 Å². The lowest BCUT2D eigenvalue weighted by Crippen LogP contribution is -2.35. The van der Waals surface area contributed by atoms with E-state index in [-0.39, 0.29) is 11.4 Å². The Morgan fingerprint density at radius 1 is 1.35 bits per heavy atom. The Balaban J connectivity index is 1.66. The molecule has 0 unspecified atom stereocenters. The van der Waals surface area contributed by atoms with Crippen LogP contribution in [0.2, 0.25) is 5.02 Å². The van der Waals surface area contributed by atoms with Crippen LogP contribution in [0.25, 0.3) is 0 Å². The van der Waals surface area contributed by atoms with Gasteiger partial charge in [0.15, 0.2) is 12.0 Å². The third kappa shape index (κ3) is 3.97. The highest BCUT2D eigenvalue weighted by molar-refractivity contribution is 6.30. The topological polar surface area (TPSA) is 92.3 Å². The maximum Gasteiger partial charge on any atom is 0.172 e. The molecule has 6 nitrogen and oxygen atoms in total. The minimum atomic E-state index is -0.129. The van der Waals surface area contributed by atoms with Crippen molar-refractivity contribution in [3.8, 4) is 5.75 Å². The molecule has 1 aromatic heterocycles. The minimum absolute atomic E-state index is 0.0682. The van der Waals surface area contributed by atoms with Gasteiger partial charge in [-0.3, -0.25) is 4.79 Å². The number of piperidine rings is 1. The maximum absolute atomic E-state index is 11.0. The van der Waals surface area contributed by atoms with Gasteiger partial charge in [-0.2, -0.15) is 0 Å². The molecule has 26 heavy (non-hydrogen) atoms. The van der Waals surface area contributed by atoms with Gasteiger partial charge in [0.2, 0.25) is 0 Å². The van der Waals surface area contributed by atoms with E-state index in [0.717, 1.165) is 37.2 Å². The van der Waals surface area contributed by atoms with E-state index in [1.54, 1.807) is 6.92 Å². The van der Waals surface area contributed by atoms with Gasteiger partial charge in [-0.05, 0) is 49.4 Å². The number of nitrogens with zero attached hydrogens (tertiary/aromatic N) is 3. The number of nitrogens with two attached hydrogens (primary N) is 1. The number of aryl methyl sites for hydroxylation is 1. The highest BCUT2D eigenvalue weighted by atomic mass is 35.5. The lowest BCUT2D eigenvalue weighted by Gasteiger charge is -2.34. The van der Waals surface area contributed by atoms with Gasteiger partial charge in [-0.25, -0.2) is 9.97 Å². The van der Waals surface area contributed by atoms with Crippen LogP contribution in [-0.4, -0.2) is 34.5 Å². The van der Waals surface area contributed by atoms with Gasteiger partial charge in [0.1, 0.15) is 11.5 Å². The number of anilines is 1. The van der Waals surface area contributed by atoms with Gasteiger partial charge in [-0.1, -0.05) is 11.6 Å². The molecule has 0 radical (unpaired) electrons. The molecule has 3 N–H and O–H groups in total. The Morgan fingerprint density at radius 3 is 2.73 bits per heavy atom. The Hall–Kier alpha value is -2.18. The van der Waals surface area contributed by atoms with Crippen molar-refractivity contribution in [1.29, 1.82) is 0 Å². The van der Waals surface area contributed by atoms with Gasteiger partial charge in [0.25, 0.3) is 0 Å². The molecule has 3 rings (SSSR count). The Labute approximate surface area is 158 Å². The standard InChI is InChI=1S/C19H23ClN4O2/c1-12-19(26)16(11-25)23-18(22-12)8-13-4-6-24(7-5-13)17-3-2-15(20)9-14(17)10-21/h2-3,9,11,13,26H,4-8,10,21H2,1H3. The number of carbonyl (C=O) groups is 1. The van der Waals surface area contributed by atoms with Crippen LogP contribution in [0.1, 0.15) is 40.4 Å². The van der Waals surface area contributed by atoms with E-state index >= 15 is 0 Å². The van der Waals surface area contributed by atoms with Gasteiger partial charge in [0, 0.05) is 36.8 Å². The fraction of sp³-hybridized carbons (Fsp3) is 0.421. The summed E-state index contributed by atoms with van der Waals surface area (Å²) in [7, 11) is 0. The SMILES string of the molecule is Cc1nc(CC2CCN(c3ccc(Cl)cc3CN)CC2)nc(C=O)c1O. The number of aromatic nitrogens is 2. The molecule has 2 aromatic rings. The summed E-state index contributed by atoms with van der Waals surface area (Å²) in [5.41, 5.74) is 8.58. The van der Waals surface area contributed by atoms with Crippen LogP contribution in [0.3, 0.4) is 0 Å². The molecule has 0 spiro atoms. The lowest BCUT2D eigenvalue weighted by atomic mass is 9.92. The van der Waals surface area contributed by atoms with Crippen molar-refractivity contribution in [1.82, 2.24) is 9.97 Å². The summed E-state index contributed by atoms with van der Waals surface area (Å²) in [6, 6.07) is 5.86. The summed E-state index contributed by atoms with van der Waals surface area (Å²) in [5, 5.41) is 10.5. The van der Waals surface area contributed by atoms with Gasteiger partial charge in [-0.15, -0.1) is 0 Å². The van der Waals surface area contributed by atoms with Crippen molar-refractivity contribution in [3.05, 3.63) is 46.0 Å². The van der Waals surface area contributed by atoms with Crippen molar-refractivity contribution in [3.63, 3.8) is 0 Å². The van der Waals surface area contributed by atoms with Crippen LogP contribution >= 0.6 is 11.6 Å². The molecule has 0 atom stereocenters. The molecule has 1 aliphatic heterocycles. The number of aldehydes is 1. The number of hydrogen-bond donors (Lipinski definition) is 2. The van der Waals surface area contributed by atoms with Crippen molar-refractivity contribution in [2.24, 2.45) is 11.7 Å². The molecule has 0 amide bonds. The summed E-state index contributed by atoms with van der Waals surface area (Å²) < 4.78 is 0. The first-order valence-electron chi connectivity index (χ1n) is 8.77. The van der Waals surface area contributed by atoms with E-state index in [1.807, 2.05) is 18.2 Å². The summed E-state index contributed by atoms with van der Waals surface area (Å²) in [5.74, 6) is 0.939. The van der Waals surface area contributed by atoms with Crippen LogP contribution in [0.5, 0.6) is 5.75 Å². The van der Waals surface area contributed by atoms with Crippen molar-refractivity contribution in [2.45, 2.75) is 32.7 Å². The predicted molar refractivity (Wildman–Crippen MR) is 102 cm³/mol. The highest BCUT2D eigenvalue weighted by Crippen LogP contribution is 2.29. The van der Waals surface area contributed by atoms with Crippen molar-refractivity contribution in [2.75, 3.05) is 18.0 Å². The molecular weight excluding hydrogens is 352 g/mol. The first-order valence-corrected chi connectivity index (χ1v) is 9.14. The van der Waals surface area contributed by atoms with E-state index in [4.69, 9.17) is 17.3 Å². The van der Waals surface area contributed by atoms with E-state index in [1.165, 1.54) is 0 Å². The third-order valence-corrected chi connectivity index (χ3v) is 5.17. The summed E-state index contributed by atoms with van der Waals surface area (Å²) in [6.45, 7) is 4.00. The Morgan fingerprint density at radius 2 is 2.08 bits per heavy atom. The van der Waals surface area contributed by atoms with E-state index in [2.05, 4.69) is 14.9 Å². The molecule has 0 aliphatic carbocycles. The minimum Gasteiger partial charge on any atom is -0.504 e. The average molecular weight is 375 g/mol. The molecule has 0 bridgehead atoms. The van der Waals surface area contributed by atoms with E-state index in [9.17, 15) is 9.90 Å². The molecular formula is C19H23ClN4O2. The molecule has 1 fully saturated rings. The molecule has 2 heterocycles. The van der Waals surface area contributed by atoms with E-state index in [0.29, 0.717) is 41.7 Å². The number of benzene rings is 1. The van der Waals surface area contributed by atoms with Crippen LogP contribution in [-0.2, 0) is 13.0 Å². The van der Waals surface area contributed by atoms with Crippen LogP contribution in [0, 0.1) is 12.8 Å². The smallest absolute Gasteiger partial charge is 0.172 e. The number of aromatic hydroxyl groups is 1. The summed E-state index contributed by atoms with van der Waals surface area (Å²) in [4.78, 5) is 21.9.